The van der Waals surface area contributed by atoms with Crippen LogP contribution in [0.25, 0.3) is 0 Å². The molecule has 6 N–H and O–H groups in total. The summed E-state index contributed by atoms with van der Waals surface area (Å²) in [6, 6.07) is 6.07. The van der Waals surface area contributed by atoms with Gasteiger partial charge >= 0.3 is 0 Å². The molecule has 0 aliphatic heterocycles. The number of aliphatic imine (C=N–C) groups is 1. The molecule has 0 aromatic heterocycles. The van der Waals surface area contributed by atoms with Gasteiger partial charge in [-0.3, -0.25) is 4.72 Å². The Morgan fingerprint density at radius 2 is 2.10 bits per heavy atom. The largest absolute Gasteiger partial charge is 0.404 e. The number of thiol groups is 1. The molecule has 1 aromatic rings. The molecular formula is C22H30FN5S. The van der Waals surface area contributed by atoms with Gasteiger partial charge in [-0.2, -0.15) is 0 Å². The Hall–Kier alpha value is -2.51. The van der Waals surface area contributed by atoms with E-state index in [2.05, 4.69) is 29.4 Å². The average molecular weight is 416 g/mol. The molecular weight excluding hydrogens is 385 g/mol. The van der Waals surface area contributed by atoms with Gasteiger partial charge in [-0.25, -0.2) is 9.38 Å². The van der Waals surface area contributed by atoms with E-state index in [1.807, 2.05) is 25.3 Å². The Bertz CT molecular complexity index is 826. The van der Waals surface area contributed by atoms with E-state index >= 15 is 0 Å². The van der Waals surface area contributed by atoms with Crippen LogP contribution in [0.3, 0.4) is 0 Å². The first kappa shape index (κ1) is 22.8. The molecule has 0 radical (unpaired) electrons. The molecule has 156 valence electrons. The van der Waals surface area contributed by atoms with Gasteiger partial charge in [0, 0.05) is 36.8 Å². The molecule has 29 heavy (non-hydrogen) atoms. The molecule has 1 aliphatic rings. The Kier molecular flexibility index (Phi) is 8.54. The van der Waals surface area contributed by atoms with Gasteiger partial charge in [-0.15, -0.1) is 6.58 Å². The number of nitrogens with zero attached hydrogens (tertiary/aromatic N) is 1. The molecule has 5 nitrogen and oxygen atoms in total. The fraction of sp³-hybridized carbons (Fsp3) is 0.318. The van der Waals surface area contributed by atoms with Crippen molar-refractivity contribution in [2.24, 2.45) is 21.9 Å². The Morgan fingerprint density at radius 3 is 2.69 bits per heavy atom. The number of nitrogens with one attached hydrogen (secondary N) is 2. The normalized spacial score (nSPS) is 22.6. The minimum atomic E-state index is -0.367. The van der Waals surface area contributed by atoms with E-state index in [4.69, 9.17) is 16.5 Å². The molecule has 0 bridgehead atoms. The van der Waals surface area contributed by atoms with Crippen LogP contribution in [-0.4, -0.2) is 18.8 Å². The maximum absolute atomic E-state index is 13.2. The average Bonchev–Trinajstić information content (AvgIpc) is 2.73. The molecule has 2 rings (SSSR count). The van der Waals surface area contributed by atoms with Gasteiger partial charge in [-0.05, 0) is 61.9 Å². The lowest BCUT2D eigenvalue weighted by atomic mass is 9.66. The highest BCUT2D eigenvalue weighted by Crippen LogP contribution is 2.45. The third kappa shape index (κ3) is 5.98. The van der Waals surface area contributed by atoms with Crippen molar-refractivity contribution in [1.82, 2.24) is 10.0 Å². The maximum atomic E-state index is 13.2. The predicted molar refractivity (Wildman–Crippen MR) is 123 cm³/mol. The number of hydrogen-bond donors (Lipinski definition) is 5. The smallest absolute Gasteiger partial charge is 0.123 e. The van der Waals surface area contributed by atoms with E-state index in [0.717, 1.165) is 35.5 Å². The summed E-state index contributed by atoms with van der Waals surface area (Å²) in [5, 5.41) is 3.15. The van der Waals surface area contributed by atoms with Gasteiger partial charge in [0.05, 0.1) is 11.4 Å². The second-order valence-corrected chi connectivity index (χ2v) is 7.30. The van der Waals surface area contributed by atoms with Crippen molar-refractivity contribution in [2.45, 2.75) is 26.2 Å². The highest BCUT2D eigenvalue weighted by molar-refractivity contribution is 7.78. The van der Waals surface area contributed by atoms with E-state index in [1.165, 1.54) is 12.1 Å². The van der Waals surface area contributed by atoms with Crippen LogP contribution in [-0.2, 0) is 0 Å². The van der Waals surface area contributed by atoms with Crippen molar-refractivity contribution in [3.8, 4) is 0 Å². The summed E-state index contributed by atoms with van der Waals surface area (Å²) in [5.41, 5.74) is 16.1. The van der Waals surface area contributed by atoms with Crippen LogP contribution in [0.5, 0.6) is 0 Å². The van der Waals surface area contributed by atoms with E-state index in [-0.39, 0.29) is 11.2 Å². The second-order valence-electron chi connectivity index (χ2n) is 6.98. The highest BCUT2D eigenvalue weighted by atomic mass is 32.1. The topological polar surface area (TPSA) is 88.5 Å². The van der Waals surface area contributed by atoms with Crippen LogP contribution in [0, 0.1) is 11.2 Å². The fourth-order valence-corrected chi connectivity index (χ4v) is 3.57. The van der Waals surface area contributed by atoms with E-state index in [1.54, 1.807) is 18.3 Å². The van der Waals surface area contributed by atoms with Crippen molar-refractivity contribution in [3.05, 3.63) is 78.1 Å². The Labute approximate surface area is 178 Å². The minimum absolute atomic E-state index is 0.295. The summed E-state index contributed by atoms with van der Waals surface area (Å²) in [7, 11) is 0. The SMILES string of the molecule is C=CC1(C/C(N)=C/NCC)CC(=CN)C(=Nc2ccc(F)cc2)C=C1CCNS. The zero-order chi connectivity index (χ0) is 21.3. The van der Waals surface area contributed by atoms with Gasteiger partial charge in [0.2, 0.25) is 0 Å². The minimum Gasteiger partial charge on any atom is -0.404 e. The van der Waals surface area contributed by atoms with Crippen molar-refractivity contribution in [1.29, 1.82) is 0 Å². The van der Waals surface area contributed by atoms with Crippen molar-refractivity contribution in [3.63, 3.8) is 0 Å². The molecule has 0 fully saturated rings. The van der Waals surface area contributed by atoms with Gasteiger partial charge in [0.15, 0.2) is 0 Å². The lowest BCUT2D eigenvalue weighted by Crippen LogP contribution is -2.32. The summed E-state index contributed by atoms with van der Waals surface area (Å²) in [6.07, 6.45) is 9.41. The number of hydrogen-bond acceptors (Lipinski definition) is 6. The highest BCUT2D eigenvalue weighted by Gasteiger charge is 2.36. The monoisotopic (exact) mass is 415 g/mol. The molecule has 1 atom stereocenters. The van der Waals surface area contributed by atoms with E-state index in [9.17, 15) is 4.39 Å². The molecule has 0 amide bonds. The number of allylic oxidation sites excluding steroid dienone is 4. The lowest BCUT2D eigenvalue weighted by molar-refractivity contribution is 0.432. The molecule has 0 spiro atoms. The number of benzene rings is 1. The first-order valence-corrected chi connectivity index (χ1v) is 10.1. The van der Waals surface area contributed by atoms with Crippen molar-refractivity contribution >= 4 is 24.2 Å². The predicted octanol–water partition coefficient (Wildman–Crippen LogP) is 3.87. The van der Waals surface area contributed by atoms with Crippen LogP contribution < -0.4 is 21.5 Å². The first-order chi connectivity index (χ1) is 14.0. The number of rotatable bonds is 9. The molecule has 1 aliphatic carbocycles. The molecule has 7 heteroatoms. The number of nitrogens with two attached hydrogens (primary N) is 2. The fourth-order valence-electron chi connectivity index (χ4n) is 3.46. The van der Waals surface area contributed by atoms with Crippen LogP contribution in [0.15, 0.2) is 77.2 Å². The Morgan fingerprint density at radius 1 is 1.38 bits per heavy atom. The zero-order valence-electron chi connectivity index (χ0n) is 16.8. The lowest BCUT2D eigenvalue weighted by Gasteiger charge is -2.38. The summed E-state index contributed by atoms with van der Waals surface area (Å²) >= 11 is 4.12. The Balaban J connectivity index is 2.50. The third-order valence-corrected chi connectivity index (χ3v) is 5.19. The second kappa shape index (κ2) is 10.9. The number of halogens is 1. The molecule has 1 aromatic carbocycles. The molecule has 0 saturated carbocycles. The van der Waals surface area contributed by atoms with Crippen molar-refractivity contribution < 1.29 is 4.39 Å². The van der Waals surface area contributed by atoms with E-state index < -0.39 is 0 Å². The molecule has 0 heterocycles. The summed E-state index contributed by atoms with van der Waals surface area (Å²) in [4.78, 5) is 4.69. The van der Waals surface area contributed by atoms with E-state index in [0.29, 0.717) is 25.1 Å². The maximum Gasteiger partial charge on any atom is 0.123 e. The molecule has 0 saturated heterocycles. The third-order valence-electron chi connectivity index (χ3n) is 4.97. The van der Waals surface area contributed by atoms with Crippen LogP contribution in [0.1, 0.15) is 26.2 Å². The van der Waals surface area contributed by atoms with Gasteiger partial charge in [0.1, 0.15) is 5.82 Å². The quantitative estimate of drug-likeness (QED) is 0.313. The first-order valence-electron chi connectivity index (χ1n) is 9.63. The van der Waals surface area contributed by atoms with Gasteiger partial charge in [0.25, 0.3) is 0 Å². The van der Waals surface area contributed by atoms with Gasteiger partial charge in [-0.1, -0.05) is 24.5 Å². The summed E-state index contributed by atoms with van der Waals surface area (Å²) < 4.78 is 16.1. The summed E-state index contributed by atoms with van der Waals surface area (Å²) in [6.45, 7) is 7.61. The molecule has 1 unspecified atom stereocenters. The zero-order valence-corrected chi connectivity index (χ0v) is 17.7. The van der Waals surface area contributed by atoms with Crippen LogP contribution in [0.2, 0.25) is 0 Å². The standard InChI is InChI=1S/C22H30FN5S/c1-3-22(13-19(25)15-26-4-2)12-16(14-24)21(11-17(22)9-10-27-29)28-20-7-5-18(23)6-8-20/h3,5-8,11,14-15,26-27,29H,1,4,9-10,12-13,24-25H2,2H3/b16-14?,19-15-,28-21?. The van der Waals surface area contributed by atoms with Crippen LogP contribution in [0.4, 0.5) is 10.1 Å². The van der Waals surface area contributed by atoms with Crippen LogP contribution >= 0.6 is 12.8 Å². The summed E-state index contributed by atoms with van der Waals surface area (Å²) in [5.74, 6) is -0.295. The van der Waals surface area contributed by atoms with Gasteiger partial charge < -0.3 is 16.8 Å². The van der Waals surface area contributed by atoms with Crippen molar-refractivity contribution in [2.75, 3.05) is 13.1 Å².